The Hall–Kier alpha value is -1.70. The molecule has 0 saturated carbocycles. The Kier molecular flexibility index (Phi) is 2.73. The zero-order chi connectivity index (χ0) is 11.7. The summed E-state index contributed by atoms with van der Waals surface area (Å²) in [7, 11) is 0. The van der Waals surface area contributed by atoms with Gasteiger partial charge in [0.2, 0.25) is 16.5 Å². The number of nitrogens with two attached hydrogens (primary N) is 1. The molecule has 2 N–H and O–H groups in total. The van der Waals surface area contributed by atoms with Gasteiger partial charge in [0.15, 0.2) is 0 Å². The normalized spacial score (nSPS) is 10.6. The number of anilines is 1. The maximum absolute atomic E-state index is 11.9. The van der Waals surface area contributed by atoms with E-state index in [0.717, 1.165) is 0 Å². The molecule has 0 spiro atoms. The molecule has 0 radical (unpaired) electrons. The summed E-state index contributed by atoms with van der Waals surface area (Å²) in [5.41, 5.74) is 5.19. The Balaban J connectivity index is 2.65. The molecule has 84 valence electrons. The summed E-state index contributed by atoms with van der Waals surface area (Å²) in [6, 6.07) is 0. The molecule has 2 aromatic rings. The van der Waals surface area contributed by atoms with E-state index in [2.05, 4.69) is 31.0 Å². The predicted molar refractivity (Wildman–Crippen MR) is 61.2 cm³/mol. The third-order valence-electron chi connectivity index (χ3n) is 2.02. The molecule has 0 aliphatic rings. The van der Waals surface area contributed by atoms with Gasteiger partial charge in [-0.15, -0.1) is 5.10 Å². The van der Waals surface area contributed by atoms with Gasteiger partial charge in [-0.1, -0.05) is 0 Å². The van der Waals surface area contributed by atoms with E-state index in [9.17, 15) is 4.79 Å². The van der Waals surface area contributed by atoms with Crippen molar-refractivity contribution in [1.29, 1.82) is 0 Å². The predicted octanol–water partition coefficient (Wildman–Crippen LogP) is 0.189. The van der Waals surface area contributed by atoms with E-state index < -0.39 is 0 Å². The minimum atomic E-state index is -0.240. The Morgan fingerprint density at radius 1 is 1.56 bits per heavy atom. The minimum absolute atomic E-state index is 0.0833. The molecule has 2 heterocycles. The van der Waals surface area contributed by atoms with Crippen LogP contribution in [0.15, 0.2) is 21.9 Å². The highest BCUT2D eigenvalue weighted by Crippen LogP contribution is 2.10. The van der Waals surface area contributed by atoms with E-state index in [0.29, 0.717) is 11.3 Å². The lowest BCUT2D eigenvalue weighted by Gasteiger charge is -2.04. The van der Waals surface area contributed by atoms with Gasteiger partial charge in [-0.25, -0.2) is 4.98 Å². The van der Waals surface area contributed by atoms with E-state index in [1.54, 1.807) is 6.20 Å². The van der Waals surface area contributed by atoms with Gasteiger partial charge in [0, 0.05) is 18.9 Å². The van der Waals surface area contributed by atoms with Gasteiger partial charge in [0.25, 0.3) is 5.56 Å². The first-order chi connectivity index (χ1) is 7.63. The largest absolute Gasteiger partial charge is 0.366 e. The number of aryl methyl sites for hydroxylation is 1. The van der Waals surface area contributed by atoms with Gasteiger partial charge in [-0.05, 0) is 22.9 Å². The van der Waals surface area contributed by atoms with Gasteiger partial charge in [0.05, 0.1) is 0 Å². The molecule has 0 atom stereocenters. The van der Waals surface area contributed by atoms with Crippen molar-refractivity contribution in [2.75, 3.05) is 5.73 Å². The zero-order valence-electron chi connectivity index (χ0n) is 8.46. The van der Waals surface area contributed by atoms with E-state index in [1.165, 1.54) is 15.4 Å². The third-order valence-corrected chi connectivity index (χ3v) is 2.53. The van der Waals surface area contributed by atoms with Crippen LogP contribution in [0.4, 0.5) is 5.95 Å². The quantitative estimate of drug-likeness (QED) is 0.850. The number of aromatic nitrogens is 5. The van der Waals surface area contributed by atoms with Gasteiger partial charge in [0.1, 0.15) is 0 Å². The molecule has 0 aliphatic carbocycles. The Labute approximate surface area is 99.1 Å². The molecule has 2 aromatic heterocycles. The lowest BCUT2D eigenvalue weighted by atomic mass is 10.6. The molecule has 0 saturated heterocycles. The number of nitrogens with zero attached hydrogens (tertiary/aromatic N) is 5. The van der Waals surface area contributed by atoms with Crippen LogP contribution >= 0.6 is 15.9 Å². The molecule has 2 rings (SSSR count). The molecule has 0 fully saturated rings. The van der Waals surface area contributed by atoms with Crippen LogP contribution in [0, 0.1) is 0 Å². The monoisotopic (exact) mass is 284 g/mol. The van der Waals surface area contributed by atoms with Crippen molar-refractivity contribution in [2.45, 2.75) is 13.5 Å². The first-order valence-corrected chi connectivity index (χ1v) is 5.36. The van der Waals surface area contributed by atoms with Gasteiger partial charge in [-0.3, -0.25) is 4.79 Å². The maximum atomic E-state index is 11.9. The second kappa shape index (κ2) is 4.05. The molecule has 7 nitrogen and oxygen atoms in total. The van der Waals surface area contributed by atoms with Crippen LogP contribution in [0.5, 0.6) is 0 Å². The number of hydrogen-bond acceptors (Lipinski definition) is 5. The Bertz CT molecular complexity index is 574. The molecule has 0 bridgehead atoms. The van der Waals surface area contributed by atoms with E-state index in [-0.39, 0.29) is 17.3 Å². The molecule has 0 aromatic carbocycles. The fourth-order valence-electron chi connectivity index (χ4n) is 1.27. The number of halogens is 1. The third kappa shape index (κ3) is 1.71. The van der Waals surface area contributed by atoms with Crippen molar-refractivity contribution in [2.24, 2.45) is 0 Å². The summed E-state index contributed by atoms with van der Waals surface area (Å²) in [6.07, 6.45) is 3.14. The van der Waals surface area contributed by atoms with E-state index >= 15 is 0 Å². The summed E-state index contributed by atoms with van der Waals surface area (Å²) >= 11 is 3.16. The van der Waals surface area contributed by atoms with Gasteiger partial charge in [-0.2, -0.15) is 9.67 Å². The molecular formula is C8H9BrN6O. The molecule has 0 amide bonds. The number of rotatable bonds is 2. The van der Waals surface area contributed by atoms with Crippen LogP contribution < -0.4 is 11.3 Å². The lowest BCUT2D eigenvalue weighted by molar-refractivity contribution is 0.689. The van der Waals surface area contributed by atoms with Crippen LogP contribution in [0.2, 0.25) is 0 Å². The SMILES string of the molecule is CCn1ccnc(-n2nc(N)nc2Br)c1=O. The summed E-state index contributed by atoms with van der Waals surface area (Å²) in [4.78, 5) is 19.7. The Morgan fingerprint density at radius 2 is 2.31 bits per heavy atom. The first-order valence-electron chi connectivity index (χ1n) is 4.57. The van der Waals surface area contributed by atoms with E-state index in [1.807, 2.05) is 6.92 Å². The van der Waals surface area contributed by atoms with Crippen LogP contribution in [0.25, 0.3) is 5.82 Å². The highest BCUT2D eigenvalue weighted by atomic mass is 79.9. The molecule has 8 heteroatoms. The van der Waals surface area contributed by atoms with Crippen LogP contribution in [-0.4, -0.2) is 24.3 Å². The number of nitrogen functional groups attached to an aromatic ring is 1. The van der Waals surface area contributed by atoms with Crippen molar-refractivity contribution in [3.63, 3.8) is 0 Å². The average molecular weight is 285 g/mol. The highest BCUT2D eigenvalue weighted by Gasteiger charge is 2.12. The van der Waals surface area contributed by atoms with Crippen LogP contribution in [0.1, 0.15) is 6.92 Å². The zero-order valence-corrected chi connectivity index (χ0v) is 10.0. The van der Waals surface area contributed by atoms with Crippen molar-refractivity contribution in [1.82, 2.24) is 24.3 Å². The second-order valence-electron chi connectivity index (χ2n) is 2.99. The second-order valence-corrected chi connectivity index (χ2v) is 3.70. The van der Waals surface area contributed by atoms with Crippen LogP contribution in [0.3, 0.4) is 0 Å². The maximum Gasteiger partial charge on any atom is 0.295 e. The van der Waals surface area contributed by atoms with Crippen molar-refractivity contribution in [3.8, 4) is 5.82 Å². The van der Waals surface area contributed by atoms with Crippen LogP contribution in [-0.2, 0) is 6.54 Å². The Morgan fingerprint density at radius 3 is 2.88 bits per heavy atom. The minimum Gasteiger partial charge on any atom is -0.366 e. The standard InChI is InChI=1S/C8H9BrN6O/c1-2-14-4-3-11-5(6(14)16)15-7(9)12-8(10)13-15/h3-4H,2H2,1H3,(H2,10,13). The topological polar surface area (TPSA) is 91.6 Å². The number of hydrogen-bond donors (Lipinski definition) is 1. The summed E-state index contributed by atoms with van der Waals surface area (Å²) in [6.45, 7) is 2.44. The van der Waals surface area contributed by atoms with Crippen molar-refractivity contribution >= 4 is 21.9 Å². The molecular weight excluding hydrogens is 276 g/mol. The first kappa shape index (κ1) is 10.8. The summed E-state index contributed by atoms with van der Waals surface area (Å²) < 4.78 is 3.14. The fraction of sp³-hybridized carbons (Fsp3) is 0.250. The molecule has 0 aliphatic heterocycles. The summed E-state index contributed by atoms with van der Waals surface area (Å²) in [5.74, 6) is 0.250. The smallest absolute Gasteiger partial charge is 0.295 e. The fourth-order valence-corrected chi connectivity index (χ4v) is 1.70. The van der Waals surface area contributed by atoms with Gasteiger partial charge >= 0.3 is 0 Å². The summed E-state index contributed by atoms with van der Waals surface area (Å²) in [5, 5.41) is 3.88. The van der Waals surface area contributed by atoms with E-state index in [4.69, 9.17) is 5.73 Å². The average Bonchev–Trinajstić information content (AvgIpc) is 2.58. The highest BCUT2D eigenvalue weighted by molar-refractivity contribution is 9.10. The van der Waals surface area contributed by atoms with Crippen molar-refractivity contribution in [3.05, 3.63) is 27.5 Å². The lowest BCUT2D eigenvalue weighted by Crippen LogP contribution is -2.25. The van der Waals surface area contributed by atoms with Crippen molar-refractivity contribution < 1.29 is 0 Å². The molecule has 16 heavy (non-hydrogen) atoms. The van der Waals surface area contributed by atoms with Gasteiger partial charge < -0.3 is 10.3 Å². The molecule has 0 unspecified atom stereocenters.